The number of hydrogen-bond donors (Lipinski definition) is 1. The molecule has 0 aromatic heterocycles. The Labute approximate surface area is 202 Å². The fraction of sp³-hybridized carbons (Fsp3) is 0.667. The highest BCUT2D eigenvalue weighted by molar-refractivity contribution is 7.89. The molecule has 0 radical (unpaired) electrons. The van der Waals surface area contributed by atoms with Crippen LogP contribution in [0.2, 0.25) is 5.02 Å². The van der Waals surface area contributed by atoms with Crippen molar-refractivity contribution >= 4 is 39.1 Å². The maximum atomic E-state index is 13.8. The SMILES string of the molecule is CCCS(=O)(=O)N1CC(=O)N(c2cccc(Cl)c2C)[C@](C)(C(=O)NC2CCCCCCC2)C1. The Morgan fingerprint density at radius 2 is 1.82 bits per heavy atom. The van der Waals surface area contributed by atoms with E-state index in [0.29, 0.717) is 22.7 Å². The molecule has 2 fully saturated rings. The topological polar surface area (TPSA) is 86.8 Å². The van der Waals surface area contributed by atoms with Crippen molar-refractivity contribution in [3.05, 3.63) is 28.8 Å². The van der Waals surface area contributed by atoms with Crippen LogP contribution in [0.4, 0.5) is 5.69 Å². The zero-order valence-corrected chi connectivity index (χ0v) is 21.5. The third-order valence-corrected chi connectivity index (χ3v) is 9.18. The molecule has 1 aliphatic carbocycles. The Morgan fingerprint density at radius 3 is 2.45 bits per heavy atom. The lowest BCUT2D eigenvalue weighted by Gasteiger charge is -2.47. The number of rotatable bonds is 6. The average Bonchev–Trinajstić information content (AvgIpc) is 2.72. The van der Waals surface area contributed by atoms with Crippen LogP contribution in [-0.2, 0) is 19.6 Å². The summed E-state index contributed by atoms with van der Waals surface area (Å²) in [6.45, 7) is 4.87. The van der Waals surface area contributed by atoms with Crippen molar-refractivity contribution in [2.45, 2.75) is 83.7 Å². The molecular weight excluding hydrogens is 462 g/mol. The van der Waals surface area contributed by atoms with Gasteiger partial charge in [-0.05, 0) is 50.8 Å². The van der Waals surface area contributed by atoms with Gasteiger partial charge in [-0.15, -0.1) is 0 Å². The standard InChI is InChI=1S/C24H36ClN3O4S/c1-4-15-33(31,32)27-16-22(29)28(21-14-10-13-20(25)18(21)2)24(3,17-27)23(30)26-19-11-8-6-5-7-9-12-19/h10,13-14,19H,4-9,11-12,15-17H2,1-3H3,(H,26,30)/t24-/m0/s1. The summed E-state index contributed by atoms with van der Waals surface area (Å²) >= 11 is 6.34. The summed E-state index contributed by atoms with van der Waals surface area (Å²) < 4.78 is 26.9. The van der Waals surface area contributed by atoms with Crippen molar-refractivity contribution in [3.63, 3.8) is 0 Å². The minimum Gasteiger partial charge on any atom is -0.351 e. The van der Waals surface area contributed by atoms with Crippen LogP contribution in [-0.4, -0.2) is 55.0 Å². The molecule has 2 aliphatic rings. The normalized spacial score (nSPS) is 23.8. The van der Waals surface area contributed by atoms with E-state index in [1.807, 2.05) is 0 Å². The second kappa shape index (κ2) is 10.7. The van der Waals surface area contributed by atoms with Gasteiger partial charge in [0.25, 0.3) is 0 Å². The first-order valence-corrected chi connectivity index (χ1v) is 14.0. The second-order valence-corrected chi connectivity index (χ2v) is 12.0. The van der Waals surface area contributed by atoms with Gasteiger partial charge < -0.3 is 5.32 Å². The number of carbonyl (C=O) groups excluding carboxylic acids is 2. The molecule has 0 unspecified atom stereocenters. The molecule has 0 spiro atoms. The zero-order chi connectivity index (χ0) is 24.2. The number of amides is 2. The monoisotopic (exact) mass is 497 g/mol. The van der Waals surface area contributed by atoms with E-state index >= 15 is 0 Å². The van der Waals surface area contributed by atoms with Gasteiger partial charge in [-0.25, -0.2) is 8.42 Å². The van der Waals surface area contributed by atoms with Crippen molar-refractivity contribution < 1.29 is 18.0 Å². The Morgan fingerprint density at radius 1 is 1.18 bits per heavy atom. The van der Waals surface area contributed by atoms with Gasteiger partial charge in [0.15, 0.2) is 0 Å². The van der Waals surface area contributed by atoms with Crippen molar-refractivity contribution in [3.8, 4) is 0 Å². The van der Waals surface area contributed by atoms with E-state index < -0.39 is 21.5 Å². The summed E-state index contributed by atoms with van der Waals surface area (Å²) in [5, 5.41) is 3.66. The van der Waals surface area contributed by atoms with Gasteiger partial charge in [0.1, 0.15) is 5.54 Å². The van der Waals surface area contributed by atoms with Gasteiger partial charge in [0, 0.05) is 23.3 Å². The van der Waals surface area contributed by atoms with Gasteiger partial charge in [-0.1, -0.05) is 56.7 Å². The van der Waals surface area contributed by atoms with Crippen LogP contribution < -0.4 is 10.2 Å². The molecule has 1 N–H and O–H groups in total. The molecule has 2 amide bonds. The van der Waals surface area contributed by atoms with Gasteiger partial charge in [-0.2, -0.15) is 4.31 Å². The minimum atomic E-state index is -3.66. The van der Waals surface area contributed by atoms with Crippen molar-refractivity contribution in [1.82, 2.24) is 9.62 Å². The first-order valence-electron chi connectivity index (χ1n) is 12.0. The molecule has 1 atom stereocenters. The molecule has 1 heterocycles. The van der Waals surface area contributed by atoms with Crippen LogP contribution in [0.15, 0.2) is 18.2 Å². The maximum Gasteiger partial charge on any atom is 0.247 e. The van der Waals surface area contributed by atoms with Gasteiger partial charge in [-0.3, -0.25) is 14.5 Å². The van der Waals surface area contributed by atoms with Crippen LogP contribution in [0.3, 0.4) is 0 Å². The van der Waals surface area contributed by atoms with E-state index in [1.54, 1.807) is 39.0 Å². The number of benzene rings is 1. The predicted molar refractivity (Wildman–Crippen MR) is 132 cm³/mol. The number of sulfonamides is 1. The molecule has 0 bridgehead atoms. The molecule has 1 aromatic carbocycles. The Bertz CT molecular complexity index is 976. The summed E-state index contributed by atoms with van der Waals surface area (Å²) in [6, 6.07) is 5.26. The second-order valence-electron chi connectivity index (χ2n) is 9.49. The highest BCUT2D eigenvalue weighted by Gasteiger charge is 2.51. The number of halogens is 1. The highest BCUT2D eigenvalue weighted by Crippen LogP contribution is 2.35. The van der Waals surface area contributed by atoms with Crippen molar-refractivity contribution in [2.75, 3.05) is 23.7 Å². The lowest BCUT2D eigenvalue weighted by molar-refractivity contribution is -0.133. The summed E-state index contributed by atoms with van der Waals surface area (Å²) in [5.41, 5.74) is -0.175. The minimum absolute atomic E-state index is 0.0228. The first kappa shape index (κ1) is 26.0. The van der Waals surface area contributed by atoms with Gasteiger partial charge in [0.2, 0.25) is 21.8 Å². The van der Waals surface area contributed by atoms with E-state index in [2.05, 4.69) is 5.32 Å². The Kier molecular flexibility index (Phi) is 8.45. The Hall–Kier alpha value is -1.64. The third kappa shape index (κ3) is 5.72. The number of nitrogens with one attached hydrogen (secondary N) is 1. The molecule has 1 saturated heterocycles. The average molecular weight is 498 g/mol. The van der Waals surface area contributed by atoms with E-state index in [1.165, 1.54) is 15.6 Å². The third-order valence-electron chi connectivity index (χ3n) is 6.80. The number of piperazine rings is 1. The number of carbonyl (C=O) groups is 2. The summed E-state index contributed by atoms with van der Waals surface area (Å²) in [7, 11) is -3.66. The number of hydrogen-bond acceptors (Lipinski definition) is 4. The molecule has 184 valence electrons. The van der Waals surface area contributed by atoms with E-state index in [9.17, 15) is 18.0 Å². The molecule has 9 heteroatoms. The van der Waals surface area contributed by atoms with Crippen LogP contribution in [0.25, 0.3) is 0 Å². The fourth-order valence-electron chi connectivity index (χ4n) is 4.90. The molecule has 3 rings (SSSR count). The molecule has 33 heavy (non-hydrogen) atoms. The van der Waals surface area contributed by atoms with Crippen molar-refractivity contribution in [2.24, 2.45) is 0 Å². The van der Waals surface area contributed by atoms with E-state index in [4.69, 9.17) is 11.6 Å². The molecular formula is C24H36ClN3O4S. The highest BCUT2D eigenvalue weighted by atomic mass is 35.5. The maximum absolute atomic E-state index is 13.8. The predicted octanol–water partition coefficient (Wildman–Crippen LogP) is 4.02. The quantitative estimate of drug-likeness (QED) is 0.643. The number of anilines is 1. The van der Waals surface area contributed by atoms with Crippen molar-refractivity contribution in [1.29, 1.82) is 0 Å². The summed E-state index contributed by atoms with van der Waals surface area (Å²) in [4.78, 5) is 28.7. The molecule has 7 nitrogen and oxygen atoms in total. The zero-order valence-electron chi connectivity index (χ0n) is 19.9. The summed E-state index contributed by atoms with van der Waals surface area (Å²) in [5.74, 6) is -0.810. The van der Waals surface area contributed by atoms with Gasteiger partial charge in [0.05, 0.1) is 12.3 Å². The van der Waals surface area contributed by atoms with Gasteiger partial charge >= 0.3 is 0 Å². The van der Waals surface area contributed by atoms with E-state index in [0.717, 1.165) is 38.5 Å². The van der Waals surface area contributed by atoms with Crippen LogP contribution in [0.1, 0.15) is 70.8 Å². The van der Waals surface area contributed by atoms with Crippen LogP contribution in [0.5, 0.6) is 0 Å². The molecule has 1 saturated carbocycles. The van der Waals surface area contributed by atoms with Crippen LogP contribution in [0, 0.1) is 6.92 Å². The molecule has 1 aromatic rings. The largest absolute Gasteiger partial charge is 0.351 e. The summed E-state index contributed by atoms with van der Waals surface area (Å²) in [6.07, 6.45) is 7.85. The van der Waals surface area contributed by atoms with E-state index in [-0.39, 0.29) is 30.8 Å². The fourth-order valence-corrected chi connectivity index (χ4v) is 6.60. The smallest absolute Gasteiger partial charge is 0.247 e. The van der Waals surface area contributed by atoms with Crippen LogP contribution >= 0.6 is 11.6 Å². The lowest BCUT2D eigenvalue weighted by Crippen LogP contribution is -2.71. The molecule has 1 aliphatic heterocycles. The number of nitrogens with zero attached hydrogens (tertiary/aromatic N) is 2. The Balaban J connectivity index is 1.99. The first-order chi connectivity index (χ1) is 15.6. The lowest BCUT2D eigenvalue weighted by atomic mass is 9.91.